The number of esters is 1. The van der Waals surface area contributed by atoms with Crippen LogP contribution < -0.4 is 4.74 Å². The van der Waals surface area contributed by atoms with Gasteiger partial charge in [0.05, 0.1) is 13.3 Å². The van der Waals surface area contributed by atoms with Crippen LogP contribution in [0.15, 0.2) is 6.20 Å². The molecule has 0 atom stereocenters. The van der Waals surface area contributed by atoms with Crippen molar-refractivity contribution >= 4 is 5.97 Å². The number of aromatic nitrogens is 2. The van der Waals surface area contributed by atoms with Gasteiger partial charge in [0.1, 0.15) is 6.10 Å². The summed E-state index contributed by atoms with van der Waals surface area (Å²) in [6.45, 7) is 0.725. The van der Waals surface area contributed by atoms with Gasteiger partial charge in [-0.2, -0.15) is 8.78 Å². The number of rotatable bonds is 4. The van der Waals surface area contributed by atoms with E-state index in [-0.39, 0.29) is 17.7 Å². The van der Waals surface area contributed by atoms with Crippen molar-refractivity contribution in [3.05, 3.63) is 17.6 Å². The van der Waals surface area contributed by atoms with Gasteiger partial charge < -0.3 is 9.47 Å². The van der Waals surface area contributed by atoms with E-state index >= 15 is 0 Å². The zero-order valence-electron chi connectivity index (χ0n) is 12.1. The van der Waals surface area contributed by atoms with Crippen LogP contribution in [0.4, 0.5) is 8.78 Å². The van der Waals surface area contributed by atoms with Crippen molar-refractivity contribution in [2.45, 2.75) is 51.1 Å². The number of ether oxygens (including phenoxy) is 2. The van der Waals surface area contributed by atoms with E-state index in [1.54, 1.807) is 0 Å². The molecular formula is C14H18F2N2O3. The molecule has 1 heterocycles. The number of carbonyl (C=O) groups is 1. The molecule has 1 saturated carbocycles. The minimum Gasteiger partial charge on any atom is -0.473 e. The fourth-order valence-electron chi connectivity index (χ4n) is 2.30. The average molecular weight is 300 g/mol. The standard InChI is InChI=1S/C14H18F2N2O3/c1-14(15,16)11-12(21-9-6-4-3-5-7-9)18-10(8-17-11)13(19)20-2/h8-9H,3-7H2,1-2H3. The fraction of sp³-hybridized carbons (Fsp3) is 0.643. The van der Waals surface area contributed by atoms with Crippen molar-refractivity contribution in [2.75, 3.05) is 7.11 Å². The summed E-state index contributed by atoms with van der Waals surface area (Å²) in [5.74, 6) is -4.20. The predicted molar refractivity (Wildman–Crippen MR) is 70.4 cm³/mol. The third-order valence-electron chi connectivity index (χ3n) is 3.38. The molecule has 1 aromatic heterocycles. The van der Waals surface area contributed by atoms with E-state index in [1.165, 1.54) is 7.11 Å². The molecule has 0 N–H and O–H groups in total. The summed E-state index contributed by atoms with van der Waals surface area (Å²) in [4.78, 5) is 19.0. The van der Waals surface area contributed by atoms with Crippen LogP contribution in [0.5, 0.6) is 5.88 Å². The third-order valence-corrected chi connectivity index (χ3v) is 3.38. The first-order chi connectivity index (χ1) is 9.91. The van der Waals surface area contributed by atoms with Gasteiger partial charge in [-0.3, -0.25) is 0 Å². The minimum absolute atomic E-state index is 0.142. The highest BCUT2D eigenvalue weighted by Gasteiger charge is 2.33. The van der Waals surface area contributed by atoms with Crippen LogP contribution >= 0.6 is 0 Å². The van der Waals surface area contributed by atoms with E-state index < -0.39 is 17.6 Å². The number of halogens is 2. The second-order valence-electron chi connectivity index (χ2n) is 5.17. The number of nitrogens with zero attached hydrogens (tertiary/aromatic N) is 2. The van der Waals surface area contributed by atoms with Gasteiger partial charge in [-0.05, 0) is 25.7 Å². The van der Waals surface area contributed by atoms with Gasteiger partial charge >= 0.3 is 5.97 Å². The van der Waals surface area contributed by atoms with Crippen LogP contribution in [-0.2, 0) is 10.7 Å². The Morgan fingerprint density at radius 1 is 1.33 bits per heavy atom. The summed E-state index contributed by atoms with van der Waals surface area (Å²) in [5.41, 5.74) is -0.697. The molecule has 21 heavy (non-hydrogen) atoms. The van der Waals surface area contributed by atoms with E-state index in [9.17, 15) is 13.6 Å². The monoisotopic (exact) mass is 300 g/mol. The van der Waals surface area contributed by atoms with Crippen molar-refractivity contribution in [3.8, 4) is 5.88 Å². The SMILES string of the molecule is COC(=O)c1cnc(C(C)(F)F)c(OC2CCCCC2)n1. The van der Waals surface area contributed by atoms with Crippen LogP contribution in [0.2, 0.25) is 0 Å². The van der Waals surface area contributed by atoms with Gasteiger partial charge in [0, 0.05) is 6.92 Å². The highest BCUT2D eigenvalue weighted by Crippen LogP contribution is 2.33. The zero-order valence-corrected chi connectivity index (χ0v) is 12.1. The number of hydrogen-bond acceptors (Lipinski definition) is 5. The summed E-state index contributed by atoms with van der Waals surface area (Å²) >= 11 is 0. The number of methoxy groups -OCH3 is 1. The van der Waals surface area contributed by atoms with E-state index in [0.29, 0.717) is 0 Å². The molecule has 1 aliphatic rings. The van der Waals surface area contributed by atoms with Gasteiger partial charge in [0.25, 0.3) is 5.92 Å². The molecule has 0 unspecified atom stereocenters. The normalized spacial score (nSPS) is 16.6. The highest BCUT2D eigenvalue weighted by atomic mass is 19.3. The molecule has 0 bridgehead atoms. The maximum atomic E-state index is 13.6. The van der Waals surface area contributed by atoms with Crippen molar-refractivity contribution in [2.24, 2.45) is 0 Å². The van der Waals surface area contributed by atoms with Gasteiger partial charge in [-0.15, -0.1) is 0 Å². The first kappa shape index (κ1) is 15.6. The molecule has 0 amide bonds. The molecule has 0 saturated heterocycles. The first-order valence-corrected chi connectivity index (χ1v) is 6.92. The van der Waals surface area contributed by atoms with Crippen LogP contribution in [0, 0.1) is 0 Å². The zero-order chi connectivity index (χ0) is 15.5. The lowest BCUT2D eigenvalue weighted by atomic mass is 9.98. The van der Waals surface area contributed by atoms with Gasteiger partial charge in [-0.25, -0.2) is 14.8 Å². The first-order valence-electron chi connectivity index (χ1n) is 6.92. The van der Waals surface area contributed by atoms with Crippen molar-refractivity contribution in [3.63, 3.8) is 0 Å². The topological polar surface area (TPSA) is 61.3 Å². The second-order valence-corrected chi connectivity index (χ2v) is 5.17. The number of alkyl halides is 2. The van der Waals surface area contributed by atoms with Crippen molar-refractivity contribution in [1.29, 1.82) is 0 Å². The average Bonchev–Trinajstić information content (AvgIpc) is 2.46. The maximum Gasteiger partial charge on any atom is 0.358 e. The Kier molecular flexibility index (Phi) is 4.69. The minimum atomic E-state index is -3.19. The molecular weight excluding hydrogens is 282 g/mol. The summed E-state index contributed by atoms with van der Waals surface area (Å²) < 4.78 is 37.3. The lowest BCUT2D eigenvalue weighted by Crippen LogP contribution is -2.24. The van der Waals surface area contributed by atoms with Gasteiger partial charge in [0.15, 0.2) is 11.4 Å². The molecule has 0 aliphatic heterocycles. The second kappa shape index (κ2) is 6.32. The van der Waals surface area contributed by atoms with Gasteiger partial charge in [0.2, 0.25) is 5.88 Å². The summed E-state index contributed by atoms with van der Waals surface area (Å²) in [6, 6.07) is 0. The van der Waals surface area contributed by atoms with E-state index in [2.05, 4.69) is 14.7 Å². The Labute approximate surface area is 121 Å². The number of hydrogen-bond donors (Lipinski definition) is 0. The smallest absolute Gasteiger partial charge is 0.358 e. The van der Waals surface area contributed by atoms with Crippen LogP contribution in [0.25, 0.3) is 0 Å². The predicted octanol–water partition coefficient (Wildman–Crippen LogP) is 3.09. The molecule has 2 rings (SSSR count). The molecule has 7 heteroatoms. The summed E-state index contributed by atoms with van der Waals surface area (Å²) in [6.07, 6.45) is 5.50. The Bertz CT molecular complexity index is 511. The van der Waals surface area contributed by atoms with Crippen molar-refractivity contribution in [1.82, 2.24) is 9.97 Å². The Balaban J connectivity index is 2.31. The Morgan fingerprint density at radius 2 is 2.00 bits per heavy atom. The molecule has 1 aliphatic carbocycles. The Morgan fingerprint density at radius 3 is 2.57 bits per heavy atom. The van der Waals surface area contributed by atoms with E-state index in [4.69, 9.17) is 4.74 Å². The highest BCUT2D eigenvalue weighted by molar-refractivity contribution is 5.86. The number of carbonyl (C=O) groups excluding carboxylic acids is 1. The summed E-state index contributed by atoms with van der Waals surface area (Å²) in [7, 11) is 1.19. The van der Waals surface area contributed by atoms with Crippen LogP contribution in [0.1, 0.15) is 55.2 Å². The molecule has 5 nitrogen and oxygen atoms in total. The van der Waals surface area contributed by atoms with Crippen LogP contribution in [0.3, 0.4) is 0 Å². The quantitative estimate of drug-likeness (QED) is 0.800. The summed E-state index contributed by atoms with van der Waals surface area (Å²) in [5, 5.41) is 0. The molecule has 0 spiro atoms. The molecule has 1 fully saturated rings. The van der Waals surface area contributed by atoms with E-state index in [1.807, 2.05) is 0 Å². The third kappa shape index (κ3) is 3.86. The van der Waals surface area contributed by atoms with Crippen molar-refractivity contribution < 1.29 is 23.0 Å². The molecule has 0 aromatic carbocycles. The largest absolute Gasteiger partial charge is 0.473 e. The molecule has 0 radical (unpaired) electrons. The lowest BCUT2D eigenvalue weighted by molar-refractivity contribution is 0.00590. The van der Waals surface area contributed by atoms with E-state index in [0.717, 1.165) is 45.2 Å². The van der Waals surface area contributed by atoms with Crippen LogP contribution in [-0.4, -0.2) is 29.2 Å². The fourth-order valence-corrected chi connectivity index (χ4v) is 2.30. The van der Waals surface area contributed by atoms with Gasteiger partial charge in [-0.1, -0.05) is 6.42 Å². The molecule has 116 valence electrons. The lowest BCUT2D eigenvalue weighted by Gasteiger charge is -2.24. The Hall–Kier alpha value is -1.79. The molecule has 1 aromatic rings. The maximum absolute atomic E-state index is 13.6.